The Balaban J connectivity index is 2.08. The third-order valence-electron chi connectivity index (χ3n) is 2.55. The molecule has 7 nitrogen and oxygen atoms in total. The van der Waals surface area contributed by atoms with Gasteiger partial charge < -0.3 is 4.74 Å². The standard InChI is InChI=1S/C13H12BrN3O4S/c1-2-5-21-10-4-3-8(6-9(10)14)12(18)16-13-15-7-11(22-13)17(19)20/h3-4,6-7H,2,5H2,1H3,(H,15,16,18). The number of nitro groups is 1. The van der Waals surface area contributed by atoms with Crippen LogP contribution in [0.5, 0.6) is 5.75 Å². The van der Waals surface area contributed by atoms with Gasteiger partial charge in [0.25, 0.3) is 5.91 Å². The monoisotopic (exact) mass is 385 g/mol. The van der Waals surface area contributed by atoms with E-state index in [1.807, 2.05) is 6.92 Å². The van der Waals surface area contributed by atoms with Gasteiger partial charge >= 0.3 is 5.00 Å². The first-order valence-electron chi connectivity index (χ1n) is 6.35. The normalized spacial score (nSPS) is 10.3. The smallest absolute Gasteiger partial charge is 0.345 e. The molecule has 0 aliphatic rings. The fourth-order valence-electron chi connectivity index (χ4n) is 1.55. The molecule has 0 bridgehead atoms. The van der Waals surface area contributed by atoms with Gasteiger partial charge in [0.15, 0.2) is 5.13 Å². The summed E-state index contributed by atoms with van der Waals surface area (Å²) >= 11 is 4.15. The molecule has 2 rings (SSSR count). The number of halogens is 1. The third kappa shape index (κ3) is 4.01. The Morgan fingerprint density at radius 2 is 2.32 bits per heavy atom. The lowest BCUT2D eigenvalue weighted by molar-refractivity contribution is -0.380. The molecular weight excluding hydrogens is 374 g/mol. The fourth-order valence-corrected chi connectivity index (χ4v) is 2.67. The van der Waals surface area contributed by atoms with E-state index in [0.717, 1.165) is 24.0 Å². The summed E-state index contributed by atoms with van der Waals surface area (Å²) in [5.74, 6) is 0.260. The zero-order valence-corrected chi connectivity index (χ0v) is 13.9. The van der Waals surface area contributed by atoms with Gasteiger partial charge in [-0.25, -0.2) is 4.98 Å². The molecule has 2 aromatic rings. The minimum absolute atomic E-state index is 0.125. The Hall–Kier alpha value is -2.00. The number of ether oxygens (including phenoxy) is 1. The van der Waals surface area contributed by atoms with E-state index in [2.05, 4.69) is 26.2 Å². The minimum Gasteiger partial charge on any atom is -0.492 e. The summed E-state index contributed by atoms with van der Waals surface area (Å²) in [6.45, 7) is 2.59. The number of carbonyl (C=O) groups excluding carboxylic acids is 1. The maximum Gasteiger partial charge on any atom is 0.345 e. The molecule has 1 aromatic carbocycles. The summed E-state index contributed by atoms with van der Waals surface area (Å²) in [4.78, 5) is 25.9. The number of aromatic nitrogens is 1. The second kappa shape index (κ2) is 7.32. The van der Waals surface area contributed by atoms with Crippen molar-refractivity contribution in [1.29, 1.82) is 0 Å². The number of nitrogens with zero attached hydrogens (tertiary/aromatic N) is 2. The summed E-state index contributed by atoms with van der Waals surface area (Å²) in [7, 11) is 0. The van der Waals surface area contributed by atoms with Crippen molar-refractivity contribution < 1.29 is 14.5 Å². The van der Waals surface area contributed by atoms with Crippen LogP contribution in [0.3, 0.4) is 0 Å². The van der Waals surface area contributed by atoms with Crippen LogP contribution >= 0.6 is 27.3 Å². The van der Waals surface area contributed by atoms with Crippen LogP contribution in [0.15, 0.2) is 28.9 Å². The van der Waals surface area contributed by atoms with Crippen LogP contribution in [0.1, 0.15) is 23.7 Å². The van der Waals surface area contributed by atoms with Gasteiger partial charge in [-0.05, 0) is 51.9 Å². The fraction of sp³-hybridized carbons (Fsp3) is 0.231. The number of nitrogens with one attached hydrogen (secondary N) is 1. The number of rotatable bonds is 6. The second-order valence-corrected chi connectivity index (χ2v) is 6.07. The number of thiazole rings is 1. The molecule has 22 heavy (non-hydrogen) atoms. The van der Waals surface area contributed by atoms with Gasteiger partial charge in [0.05, 0.1) is 16.0 Å². The Labute approximate surface area is 138 Å². The zero-order chi connectivity index (χ0) is 16.1. The van der Waals surface area contributed by atoms with Gasteiger partial charge in [-0.1, -0.05) is 6.92 Å². The van der Waals surface area contributed by atoms with E-state index in [0.29, 0.717) is 22.4 Å². The summed E-state index contributed by atoms with van der Waals surface area (Å²) in [6.07, 6.45) is 2.00. The molecular formula is C13H12BrN3O4S. The predicted octanol–water partition coefficient (Wildman–Crippen LogP) is 3.85. The number of anilines is 1. The van der Waals surface area contributed by atoms with Crippen molar-refractivity contribution in [2.75, 3.05) is 11.9 Å². The first kappa shape index (κ1) is 16.4. The molecule has 1 N–H and O–H groups in total. The highest BCUT2D eigenvalue weighted by Crippen LogP contribution is 2.28. The van der Waals surface area contributed by atoms with Crippen molar-refractivity contribution in [1.82, 2.24) is 4.98 Å². The van der Waals surface area contributed by atoms with Gasteiger partial charge in [-0.2, -0.15) is 0 Å². The van der Waals surface area contributed by atoms with Crippen molar-refractivity contribution in [2.24, 2.45) is 0 Å². The highest BCUT2D eigenvalue weighted by molar-refractivity contribution is 9.10. The largest absolute Gasteiger partial charge is 0.492 e. The molecule has 0 spiro atoms. The van der Waals surface area contributed by atoms with Crippen LogP contribution in [0.2, 0.25) is 0 Å². The number of benzene rings is 1. The lowest BCUT2D eigenvalue weighted by Crippen LogP contribution is -2.11. The van der Waals surface area contributed by atoms with E-state index in [1.54, 1.807) is 18.2 Å². The Bertz CT molecular complexity index is 704. The van der Waals surface area contributed by atoms with Gasteiger partial charge in [-0.15, -0.1) is 0 Å². The van der Waals surface area contributed by atoms with Crippen molar-refractivity contribution in [3.8, 4) is 5.75 Å². The van der Waals surface area contributed by atoms with Gasteiger partial charge in [0.2, 0.25) is 0 Å². The van der Waals surface area contributed by atoms with E-state index >= 15 is 0 Å². The summed E-state index contributed by atoms with van der Waals surface area (Å²) in [5.41, 5.74) is 0.397. The Morgan fingerprint density at radius 1 is 1.55 bits per heavy atom. The zero-order valence-electron chi connectivity index (χ0n) is 11.5. The van der Waals surface area contributed by atoms with Crippen LogP contribution in [-0.2, 0) is 0 Å². The highest BCUT2D eigenvalue weighted by Gasteiger charge is 2.15. The second-order valence-electron chi connectivity index (χ2n) is 4.21. The Kier molecular flexibility index (Phi) is 5.45. The summed E-state index contributed by atoms with van der Waals surface area (Å²) in [6, 6.07) is 4.94. The van der Waals surface area contributed by atoms with Crippen LogP contribution < -0.4 is 10.1 Å². The lowest BCUT2D eigenvalue weighted by Gasteiger charge is -2.08. The van der Waals surface area contributed by atoms with Gasteiger partial charge in [-0.3, -0.25) is 20.2 Å². The van der Waals surface area contributed by atoms with Crippen molar-refractivity contribution in [3.05, 3.63) is 44.5 Å². The molecule has 1 heterocycles. The molecule has 116 valence electrons. The van der Waals surface area contributed by atoms with E-state index < -0.39 is 10.8 Å². The third-order valence-corrected chi connectivity index (χ3v) is 4.03. The summed E-state index contributed by atoms with van der Waals surface area (Å²) in [5, 5.41) is 13.2. The van der Waals surface area contributed by atoms with Crippen molar-refractivity contribution in [3.63, 3.8) is 0 Å². The molecule has 0 fully saturated rings. The molecule has 0 saturated carbocycles. The van der Waals surface area contributed by atoms with Crippen LogP contribution in [0.4, 0.5) is 10.1 Å². The molecule has 1 aromatic heterocycles. The lowest BCUT2D eigenvalue weighted by atomic mass is 10.2. The average molecular weight is 386 g/mol. The Morgan fingerprint density at radius 3 is 2.91 bits per heavy atom. The molecule has 0 atom stereocenters. The number of carbonyl (C=O) groups is 1. The predicted molar refractivity (Wildman–Crippen MR) is 86.6 cm³/mol. The maximum absolute atomic E-state index is 12.1. The van der Waals surface area contributed by atoms with Crippen LogP contribution in [-0.4, -0.2) is 22.4 Å². The topological polar surface area (TPSA) is 94.4 Å². The van der Waals surface area contributed by atoms with Crippen LogP contribution in [0.25, 0.3) is 0 Å². The van der Waals surface area contributed by atoms with E-state index in [-0.39, 0.29) is 10.1 Å². The molecule has 0 aliphatic heterocycles. The molecule has 0 saturated heterocycles. The maximum atomic E-state index is 12.1. The first-order valence-corrected chi connectivity index (χ1v) is 7.96. The molecule has 0 aliphatic carbocycles. The van der Waals surface area contributed by atoms with Gasteiger partial charge in [0.1, 0.15) is 11.9 Å². The van der Waals surface area contributed by atoms with Crippen molar-refractivity contribution >= 4 is 43.3 Å². The number of hydrogen-bond acceptors (Lipinski definition) is 6. The quantitative estimate of drug-likeness (QED) is 0.601. The highest BCUT2D eigenvalue weighted by atomic mass is 79.9. The molecule has 0 radical (unpaired) electrons. The average Bonchev–Trinajstić information content (AvgIpc) is 2.94. The number of amides is 1. The van der Waals surface area contributed by atoms with Gasteiger partial charge in [0, 0.05) is 5.56 Å². The van der Waals surface area contributed by atoms with Crippen LogP contribution in [0, 0.1) is 10.1 Å². The molecule has 0 unspecified atom stereocenters. The number of hydrogen-bond donors (Lipinski definition) is 1. The first-order chi connectivity index (χ1) is 10.5. The van der Waals surface area contributed by atoms with Crippen molar-refractivity contribution in [2.45, 2.75) is 13.3 Å². The summed E-state index contributed by atoms with van der Waals surface area (Å²) < 4.78 is 6.17. The minimum atomic E-state index is -0.552. The molecule has 1 amide bonds. The SMILES string of the molecule is CCCOc1ccc(C(=O)Nc2ncc([N+](=O)[O-])s2)cc1Br. The van der Waals surface area contributed by atoms with E-state index in [1.165, 1.54) is 0 Å². The van der Waals surface area contributed by atoms with E-state index in [9.17, 15) is 14.9 Å². The van der Waals surface area contributed by atoms with E-state index in [4.69, 9.17) is 4.74 Å². The molecule has 9 heteroatoms.